The van der Waals surface area contributed by atoms with Gasteiger partial charge < -0.3 is 4.90 Å². The molecule has 2 amide bonds. The number of hydrogen-bond donors (Lipinski definition) is 0. The lowest BCUT2D eigenvalue weighted by Gasteiger charge is -2.12. The van der Waals surface area contributed by atoms with Crippen LogP contribution in [0.2, 0.25) is 0 Å². The van der Waals surface area contributed by atoms with Crippen LogP contribution in [0.1, 0.15) is 11.1 Å². The molecule has 0 spiro atoms. The molecule has 4 nitrogen and oxygen atoms in total. The van der Waals surface area contributed by atoms with Gasteiger partial charge in [-0.3, -0.25) is 14.5 Å². The Hall–Kier alpha value is -2.60. The quantitative estimate of drug-likeness (QED) is 0.773. The number of anilines is 1. The topological polar surface area (TPSA) is 40.6 Å². The summed E-state index contributed by atoms with van der Waals surface area (Å²) in [6, 6.07) is 13.5. The Kier molecular flexibility index (Phi) is 4.90. The van der Waals surface area contributed by atoms with Crippen molar-refractivity contribution in [3.05, 3.63) is 70.4 Å². The molecule has 25 heavy (non-hydrogen) atoms. The second-order valence-corrected chi connectivity index (χ2v) is 6.87. The lowest BCUT2D eigenvalue weighted by Crippen LogP contribution is -2.27. The van der Waals surface area contributed by atoms with Crippen molar-refractivity contribution in [1.82, 2.24) is 4.90 Å². The number of carbonyl (C=O) groups is 2. The largest absolute Gasteiger partial charge is 0.378 e. The molecule has 2 aromatic carbocycles. The highest BCUT2D eigenvalue weighted by Gasteiger charge is 2.34. The van der Waals surface area contributed by atoms with Crippen LogP contribution in [0.15, 0.2) is 53.4 Å². The van der Waals surface area contributed by atoms with Crippen molar-refractivity contribution >= 4 is 34.7 Å². The standard InChI is InChI=1S/C19H17FN2O2S/c1-21(2)16-9-5-13(6-10-16)11-17-18(23)22(19(24)25-17)12-14-3-7-15(20)8-4-14/h3-11H,12H2,1-2H3. The summed E-state index contributed by atoms with van der Waals surface area (Å²) in [4.78, 5) is 28.2. The molecule has 1 aliphatic heterocycles. The van der Waals surface area contributed by atoms with Crippen molar-refractivity contribution in [2.45, 2.75) is 6.54 Å². The van der Waals surface area contributed by atoms with Crippen LogP contribution in [-0.4, -0.2) is 30.1 Å². The molecule has 0 N–H and O–H groups in total. The SMILES string of the molecule is CN(C)c1ccc(C=C2SC(=O)N(Cc3ccc(F)cc3)C2=O)cc1. The third kappa shape index (κ3) is 3.91. The number of rotatable bonds is 4. The van der Waals surface area contributed by atoms with Crippen molar-refractivity contribution < 1.29 is 14.0 Å². The van der Waals surface area contributed by atoms with Crippen LogP contribution < -0.4 is 4.90 Å². The molecule has 6 heteroatoms. The zero-order valence-electron chi connectivity index (χ0n) is 13.9. The summed E-state index contributed by atoms with van der Waals surface area (Å²) in [6.45, 7) is 0.141. The fourth-order valence-corrected chi connectivity index (χ4v) is 3.27. The number of carbonyl (C=O) groups excluding carboxylic acids is 2. The molecule has 1 saturated heterocycles. The number of hydrogen-bond acceptors (Lipinski definition) is 4. The molecule has 0 aromatic heterocycles. The van der Waals surface area contributed by atoms with Gasteiger partial charge in [-0.2, -0.15) is 0 Å². The zero-order valence-corrected chi connectivity index (χ0v) is 14.7. The summed E-state index contributed by atoms with van der Waals surface area (Å²) in [5, 5.41) is -0.314. The molecule has 0 atom stereocenters. The van der Waals surface area contributed by atoms with Crippen molar-refractivity contribution in [3.63, 3.8) is 0 Å². The Morgan fingerprint density at radius 3 is 2.28 bits per heavy atom. The van der Waals surface area contributed by atoms with Crippen molar-refractivity contribution in [3.8, 4) is 0 Å². The number of benzene rings is 2. The van der Waals surface area contributed by atoms with Gasteiger partial charge in [0.1, 0.15) is 5.82 Å². The van der Waals surface area contributed by atoms with Crippen LogP contribution in [0.4, 0.5) is 14.9 Å². The van der Waals surface area contributed by atoms with E-state index in [1.54, 1.807) is 18.2 Å². The maximum Gasteiger partial charge on any atom is 0.293 e. The average Bonchev–Trinajstić information content (AvgIpc) is 2.85. The third-order valence-corrected chi connectivity index (χ3v) is 4.74. The Morgan fingerprint density at radius 2 is 1.68 bits per heavy atom. The van der Waals surface area contributed by atoms with E-state index in [9.17, 15) is 14.0 Å². The lowest BCUT2D eigenvalue weighted by molar-refractivity contribution is -0.123. The zero-order chi connectivity index (χ0) is 18.0. The van der Waals surface area contributed by atoms with E-state index in [1.807, 2.05) is 43.3 Å². The van der Waals surface area contributed by atoms with E-state index in [4.69, 9.17) is 0 Å². The second kappa shape index (κ2) is 7.11. The van der Waals surface area contributed by atoms with Gasteiger partial charge in [0.25, 0.3) is 11.1 Å². The summed E-state index contributed by atoms with van der Waals surface area (Å²) in [5.41, 5.74) is 2.62. The second-order valence-electron chi connectivity index (χ2n) is 5.88. The van der Waals surface area contributed by atoms with E-state index in [1.165, 1.54) is 17.0 Å². The predicted molar refractivity (Wildman–Crippen MR) is 98.7 cm³/mol. The van der Waals surface area contributed by atoms with Gasteiger partial charge in [0, 0.05) is 19.8 Å². The molecule has 1 heterocycles. The first kappa shape index (κ1) is 17.2. The number of amides is 2. The fourth-order valence-electron chi connectivity index (χ4n) is 2.43. The van der Waals surface area contributed by atoms with Crippen molar-refractivity contribution in [2.75, 3.05) is 19.0 Å². The highest BCUT2D eigenvalue weighted by Crippen LogP contribution is 2.33. The molecule has 0 unspecified atom stereocenters. The first-order chi connectivity index (χ1) is 11.9. The van der Waals surface area contributed by atoms with Gasteiger partial charge >= 0.3 is 0 Å². The average molecular weight is 356 g/mol. The Labute approximate surface area is 149 Å². The summed E-state index contributed by atoms with van der Waals surface area (Å²) < 4.78 is 13.0. The highest BCUT2D eigenvalue weighted by atomic mass is 32.2. The Morgan fingerprint density at radius 1 is 1.04 bits per heavy atom. The van der Waals surface area contributed by atoms with E-state index in [0.717, 1.165) is 23.0 Å². The molecule has 0 radical (unpaired) electrons. The summed E-state index contributed by atoms with van der Waals surface area (Å²) in [6.07, 6.45) is 1.72. The van der Waals surface area contributed by atoms with Crippen LogP contribution >= 0.6 is 11.8 Å². The van der Waals surface area contributed by atoms with E-state index >= 15 is 0 Å². The van der Waals surface area contributed by atoms with Crippen LogP contribution in [0.25, 0.3) is 6.08 Å². The third-order valence-electron chi connectivity index (χ3n) is 3.83. The monoisotopic (exact) mass is 356 g/mol. The molecule has 0 bridgehead atoms. The lowest BCUT2D eigenvalue weighted by atomic mass is 10.1. The number of imide groups is 1. The molecule has 0 aliphatic carbocycles. The minimum Gasteiger partial charge on any atom is -0.378 e. The first-order valence-corrected chi connectivity index (χ1v) is 8.53. The summed E-state index contributed by atoms with van der Waals surface area (Å²) >= 11 is 0.924. The summed E-state index contributed by atoms with van der Waals surface area (Å²) in [5.74, 6) is -0.671. The molecule has 1 fully saturated rings. The fraction of sp³-hybridized carbons (Fsp3) is 0.158. The van der Waals surface area contributed by atoms with Gasteiger partial charge in [-0.25, -0.2) is 4.39 Å². The van der Waals surface area contributed by atoms with Gasteiger partial charge in [-0.05, 0) is 53.2 Å². The molecule has 128 valence electrons. The van der Waals surface area contributed by atoms with Gasteiger partial charge in [0.2, 0.25) is 0 Å². The van der Waals surface area contributed by atoms with Crippen LogP contribution in [-0.2, 0) is 11.3 Å². The van der Waals surface area contributed by atoms with Gasteiger partial charge in [0.15, 0.2) is 0 Å². The Balaban J connectivity index is 1.77. The van der Waals surface area contributed by atoms with E-state index in [2.05, 4.69) is 0 Å². The van der Waals surface area contributed by atoms with Crippen LogP contribution in [0.3, 0.4) is 0 Å². The maximum absolute atomic E-state index is 13.0. The van der Waals surface area contributed by atoms with Crippen LogP contribution in [0.5, 0.6) is 0 Å². The van der Waals surface area contributed by atoms with E-state index in [-0.39, 0.29) is 23.5 Å². The molecule has 0 saturated carbocycles. The molecule has 1 aliphatic rings. The molecular formula is C19H17FN2O2S. The van der Waals surface area contributed by atoms with Crippen molar-refractivity contribution in [1.29, 1.82) is 0 Å². The normalized spacial score (nSPS) is 16.0. The maximum atomic E-state index is 13.0. The minimum atomic E-state index is -0.348. The first-order valence-electron chi connectivity index (χ1n) is 7.71. The molecule has 2 aromatic rings. The predicted octanol–water partition coefficient (Wildman–Crippen LogP) is 4.13. The molecular weight excluding hydrogens is 339 g/mol. The number of nitrogens with zero attached hydrogens (tertiary/aromatic N) is 2. The van der Waals surface area contributed by atoms with Gasteiger partial charge in [-0.15, -0.1) is 0 Å². The number of halogens is 1. The van der Waals surface area contributed by atoms with Gasteiger partial charge in [-0.1, -0.05) is 24.3 Å². The van der Waals surface area contributed by atoms with Crippen LogP contribution in [0, 0.1) is 5.82 Å². The number of thioether (sulfide) groups is 1. The van der Waals surface area contributed by atoms with E-state index in [0.29, 0.717) is 10.5 Å². The van der Waals surface area contributed by atoms with Crippen molar-refractivity contribution in [2.24, 2.45) is 0 Å². The highest BCUT2D eigenvalue weighted by molar-refractivity contribution is 8.18. The molecule has 3 rings (SSSR count). The smallest absolute Gasteiger partial charge is 0.293 e. The van der Waals surface area contributed by atoms with Gasteiger partial charge in [0.05, 0.1) is 11.4 Å². The Bertz CT molecular complexity index is 830. The summed E-state index contributed by atoms with van der Waals surface area (Å²) in [7, 11) is 3.91. The van der Waals surface area contributed by atoms with E-state index < -0.39 is 0 Å². The minimum absolute atomic E-state index is 0.141.